The summed E-state index contributed by atoms with van der Waals surface area (Å²) in [6, 6.07) is 7.55. The fourth-order valence-corrected chi connectivity index (χ4v) is 3.60. The van der Waals surface area contributed by atoms with Crippen LogP contribution < -0.4 is 0 Å². The van der Waals surface area contributed by atoms with Gasteiger partial charge in [-0.2, -0.15) is 0 Å². The molecule has 2 fully saturated rings. The zero-order valence-electron chi connectivity index (χ0n) is 13.5. The second-order valence-electron chi connectivity index (χ2n) is 6.45. The number of aromatic nitrogens is 1. The number of furan rings is 1. The number of nitrogens with zero attached hydrogens (tertiary/aromatic N) is 3. The van der Waals surface area contributed by atoms with Gasteiger partial charge in [0.15, 0.2) is 5.76 Å². The SMILES string of the molecule is O=C(c1ccco1)N1CCO[C@@H]2CN(Cc3ccncc3)C[C@@H]2C1. The molecule has 2 aromatic heterocycles. The highest BCUT2D eigenvalue weighted by atomic mass is 16.5. The molecule has 0 N–H and O–H groups in total. The molecular weight excluding hydrogens is 306 g/mol. The van der Waals surface area contributed by atoms with Crippen molar-refractivity contribution in [1.82, 2.24) is 14.8 Å². The number of amides is 1. The van der Waals surface area contributed by atoms with Gasteiger partial charge in [0.1, 0.15) is 0 Å². The van der Waals surface area contributed by atoms with Crippen molar-refractivity contribution < 1.29 is 13.9 Å². The maximum atomic E-state index is 12.5. The first-order valence-electron chi connectivity index (χ1n) is 8.35. The highest BCUT2D eigenvalue weighted by molar-refractivity contribution is 5.91. The molecule has 0 aliphatic carbocycles. The van der Waals surface area contributed by atoms with E-state index in [1.807, 2.05) is 29.4 Å². The Bertz CT molecular complexity index is 674. The predicted octanol–water partition coefficient (Wildman–Crippen LogP) is 1.65. The van der Waals surface area contributed by atoms with Crippen molar-refractivity contribution in [2.75, 3.05) is 32.8 Å². The molecule has 0 radical (unpaired) electrons. The van der Waals surface area contributed by atoms with E-state index < -0.39 is 0 Å². The van der Waals surface area contributed by atoms with E-state index in [2.05, 4.69) is 9.88 Å². The Hall–Kier alpha value is -2.18. The third kappa shape index (κ3) is 3.20. The fraction of sp³-hybridized carbons (Fsp3) is 0.444. The molecule has 1 amide bonds. The van der Waals surface area contributed by atoms with Crippen molar-refractivity contribution in [3.63, 3.8) is 0 Å². The van der Waals surface area contributed by atoms with Crippen LogP contribution in [0.2, 0.25) is 0 Å². The van der Waals surface area contributed by atoms with Crippen LogP contribution in [0.5, 0.6) is 0 Å². The Balaban J connectivity index is 1.41. The third-order valence-corrected chi connectivity index (χ3v) is 4.78. The lowest BCUT2D eigenvalue weighted by molar-refractivity contribution is 0.0498. The molecule has 0 spiro atoms. The molecule has 0 bridgehead atoms. The van der Waals surface area contributed by atoms with Gasteiger partial charge < -0.3 is 14.1 Å². The van der Waals surface area contributed by atoms with Crippen molar-refractivity contribution in [2.24, 2.45) is 5.92 Å². The number of likely N-dealkylation sites (tertiary alicyclic amines) is 1. The Morgan fingerprint density at radius 2 is 2.08 bits per heavy atom. The van der Waals surface area contributed by atoms with Gasteiger partial charge >= 0.3 is 0 Å². The van der Waals surface area contributed by atoms with Gasteiger partial charge in [0, 0.05) is 51.0 Å². The second-order valence-corrected chi connectivity index (χ2v) is 6.45. The van der Waals surface area contributed by atoms with Crippen LogP contribution in [-0.2, 0) is 11.3 Å². The lowest BCUT2D eigenvalue weighted by Crippen LogP contribution is -2.37. The molecule has 6 heteroatoms. The number of hydrogen-bond donors (Lipinski definition) is 0. The maximum Gasteiger partial charge on any atom is 0.289 e. The number of rotatable bonds is 3. The summed E-state index contributed by atoms with van der Waals surface area (Å²) in [5.74, 6) is 0.699. The molecule has 2 atom stereocenters. The molecule has 2 saturated heterocycles. The van der Waals surface area contributed by atoms with Gasteiger partial charge in [0.2, 0.25) is 0 Å². The summed E-state index contributed by atoms with van der Waals surface area (Å²) in [5.41, 5.74) is 1.25. The minimum Gasteiger partial charge on any atom is -0.459 e. The molecule has 0 aromatic carbocycles. The quantitative estimate of drug-likeness (QED) is 0.858. The summed E-state index contributed by atoms with van der Waals surface area (Å²) in [7, 11) is 0. The van der Waals surface area contributed by atoms with Gasteiger partial charge in [-0.15, -0.1) is 0 Å². The lowest BCUT2D eigenvalue weighted by atomic mass is 10.1. The number of fused-ring (bicyclic) bond motifs is 1. The van der Waals surface area contributed by atoms with E-state index >= 15 is 0 Å². The van der Waals surface area contributed by atoms with Crippen molar-refractivity contribution >= 4 is 5.91 Å². The standard InChI is InChI=1S/C18H21N3O3/c22-18(16-2-1-8-23-16)21-7-9-24-17-13-20(11-15(17)12-21)10-14-3-5-19-6-4-14/h1-6,8,15,17H,7,9-13H2/t15-,17-/m1/s1. The summed E-state index contributed by atoms with van der Waals surface area (Å²) in [4.78, 5) is 20.8. The van der Waals surface area contributed by atoms with Gasteiger partial charge in [0.25, 0.3) is 5.91 Å². The van der Waals surface area contributed by atoms with Gasteiger partial charge in [-0.25, -0.2) is 0 Å². The molecule has 0 unspecified atom stereocenters. The summed E-state index contributed by atoms with van der Waals surface area (Å²) in [5, 5.41) is 0. The van der Waals surface area contributed by atoms with Crippen LogP contribution in [0, 0.1) is 5.92 Å². The maximum absolute atomic E-state index is 12.5. The van der Waals surface area contributed by atoms with Crippen molar-refractivity contribution in [2.45, 2.75) is 12.6 Å². The van der Waals surface area contributed by atoms with Crippen molar-refractivity contribution in [1.29, 1.82) is 0 Å². The van der Waals surface area contributed by atoms with E-state index in [9.17, 15) is 4.79 Å². The lowest BCUT2D eigenvalue weighted by Gasteiger charge is -2.22. The molecule has 2 aliphatic heterocycles. The highest BCUT2D eigenvalue weighted by Gasteiger charge is 2.37. The Labute approximate surface area is 141 Å². The van der Waals surface area contributed by atoms with Crippen molar-refractivity contribution in [3.8, 4) is 0 Å². The second kappa shape index (κ2) is 6.75. The molecule has 24 heavy (non-hydrogen) atoms. The van der Waals surface area contributed by atoms with Gasteiger partial charge in [-0.3, -0.25) is 14.7 Å². The van der Waals surface area contributed by atoms with Crippen LogP contribution in [0.1, 0.15) is 16.1 Å². The number of carbonyl (C=O) groups excluding carboxylic acids is 1. The predicted molar refractivity (Wildman–Crippen MR) is 87.4 cm³/mol. The molecule has 2 aromatic rings. The minimum absolute atomic E-state index is 0.0446. The van der Waals surface area contributed by atoms with Crippen LogP contribution in [0.4, 0.5) is 0 Å². The Morgan fingerprint density at radius 1 is 1.21 bits per heavy atom. The molecule has 4 heterocycles. The largest absolute Gasteiger partial charge is 0.459 e. The van der Waals surface area contributed by atoms with Gasteiger partial charge in [0.05, 0.1) is 19.0 Å². The number of hydrogen-bond acceptors (Lipinski definition) is 5. The number of carbonyl (C=O) groups is 1. The molecule has 126 valence electrons. The number of ether oxygens (including phenoxy) is 1. The summed E-state index contributed by atoms with van der Waals surface area (Å²) >= 11 is 0. The molecule has 2 aliphatic rings. The number of pyridine rings is 1. The van der Waals surface area contributed by atoms with Crippen LogP contribution >= 0.6 is 0 Å². The third-order valence-electron chi connectivity index (χ3n) is 4.78. The van der Waals surface area contributed by atoms with Crippen molar-refractivity contribution in [3.05, 3.63) is 54.2 Å². The molecule has 4 rings (SSSR count). The van der Waals surface area contributed by atoms with E-state index in [1.54, 1.807) is 12.1 Å². The van der Waals surface area contributed by atoms with E-state index in [0.717, 1.165) is 26.2 Å². The smallest absolute Gasteiger partial charge is 0.289 e. The summed E-state index contributed by atoms with van der Waals surface area (Å²) < 4.78 is 11.3. The zero-order valence-corrected chi connectivity index (χ0v) is 13.5. The average molecular weight is 327 g/mol. The summed E-state index contributed by atoms with van der Waals surface area (Å²) in [6.45, 7) is 4.67. The van der Waals surface area contributed by atoms with Crippen LogP contribution in [0.25, 0.3) is 0 Å². The fourth-order valence-electron chi connectivity index (χ4n) is 3.60. The monoisotopic (exact) mass is 327 g/mol. The van der Waals surface area contributed by atoms with E-state index in [1.165, 1.54) is 11.8 Å². The molecule has 0 saturated carbocycles. The van der Waals surface area contributed by atoms with Crippen LogP contribution in [0.3, 0.4) is 0 Å². The van der Waals surface area contributed by atoms with Gasteiger partial charge in [-0.05, 0) is 29.8 Å². The molecule has 6 nitrogen and oxygen atoms in total. The zero-order chi connectivity index (χ0) is 16.4. The Kier molecular flexibility index (Phi) is 4.32. The molecular formula is C18H21N3O3. The first kappa shape index (κ1) is 15.4. The van der Waals surface area contributed by atoms with E-state index in [-0.39, 0.29) is 12.0 Å². The first-order valence-corrected chi connectivity index (χ1v) is 8.35. The van der Waals surface area contributed by atoms with Gasteiger partial charge in [-0.1, -0.05) is 0 Å². The van der Waals surface area contributed by atoms with E-state index in [0.29, 0.717) is 24.8 Å². The van der Waals surface area contributed by atoms with Crippen LogP contribution in [-0.4, -0.2) is 59.6 Å². The van der Waals surface area contributed by atoms with Crippen LogP contribution in [0.15, 0.2) is 47.3 Å². The minimum atomic E-state index is -0.0446. The average Bonchev–Trinajstić information content (AvgIpc) is 3.21. The normalized spacial score (nSPS) is 24.6. The highest BCUT2D eigenvalue weighted by Crippen LogP contribution is 2.25. The first-order chi connectivity index (χ1) is 11.8. The Morgan fingerprint density at radius 3 is 2.88 bits per heavy atom. The summed E-state index contributed by atoms with van der Waals surface area (Å²) in [6.07, 6.45) is 5.38. The topological polar surface area (TPSA) is 58.8 Å². The van der Waals surface area contributed by atoms with E-state index in [4.69, 9.17) is 9.15 Å².